The minimum absolute atomic E-state index is 0.0219. The Morgan fingerprint density at radius 2 is 1.90 bits per heavy atom. The molecule has 0 spiro atoms. The van der Waals surface area contributed by atoms with E-state index >= 15 is 0 Å². The summed E-state index contributed by atoms with van der Waals surface area (Å²) in [6.45, 7) is 3.10. The molecule has 8 heteroatoms. The minimum Gasteiger partial charge on any atom is -0.385 e. The van der Waals surface area contributed by atoms with Crippen LogP contribution in [0.15, 0.2) is 66.7 Å². The quantitative estimate of drug-likeness (QED) is 0.303. The van der Waals surface area contributed by atoms with Gasteiger partial charge in [0.2, 0.25) is 5.91 Å². The number of nitrogens with two attached hydrogens (primary N) is 1. The molecule has 204 valence electrons. The number of amides is 2. The first-order valence-electron chi connectivity index (χ1n) is 13.8. The Labute approximate surface area is 229 Å². The van der Waals surface area contributed by atoms with Gasteiger partial charge in [-0.25, -0.2) is 4.98 Å². The summed E-state index contributed by atoms with van der Waals surface area (Å²) in [5.41, 5.74) is 9.03. The van der Waals surface area contributed by atoms with Crippen molar-refractivity contribution < 1.29 is 14.3 Å². The number of nitrogens with zero attached hydrogens (tertiary/aromatic N) is 3. The number of aromatic nitrogens is 2. The van der Waals surface area contributed by atoms with Gasteiger partial charge in [-0.1, -0.05) is 48.5 Å². The van der Waals surface area contributed by atoms with E-state index in [1.165, 1.54) is 0 Å². The average molecular weight is 528 g/mol. The van der Waals surface area contributed by atoms with Crippen LogP contribution >= 0.6 is 0 Å². The molecule has 8 nitrogen and oxygen atoms in total. The summed E-state index contributed by atoms with van der Waals surface area (Å²) in [5, 5.41) is 4.83. The van der Waals surface area contributed by atoms with Gasteiger partial charge in [0.25, 0.3) is 5.91 Å². The highest BCUT2D eigenvalue weighted by atomic mass is 16.5. The molecule has 1 aromatic heterocycles. The van der Waals surface area contributed by atoms with Crippen LogP contribution in [0.4, 0.5) is 0 Å². The van der Waals surface area contributed by atoms with Gasteiger partial charge >= 0.3 is 0 Å². The number of para-hydroxylation sites is 2. The zero-order chi connectivity index (χ0) is 27.2. The Morgan fingerprint density at radius 3 is 2.77 bits per heavy atom. The van der Waals surface area contributed by atoms with Gasteiger partial charge < -0.3 is 25.3 Å². The molecule has 4 aromatic rings. The largest absolute Gasteiger partial charge is 0.385 e. The van der Waals surface area contributed by atoms with E-state index < -0.39 is 6.04 Å². The summed E-state index contributed by atoms with van der Waals surface area (Å²) in [7, 11) is 1.72. The number of ether oxygens (including phenoxy) is 1. The molecule has 1 fully saturated rings. The van der Waals surface area contributed by atoms with E-state index in [0.29, 0.717) is 25.3 Å². The molecule has 2 amide bonds. The third-order valence-corrected chi connectivity index (χ3v) is 7.55. The van der Waals surface area contributed by atoms with Crippen LogP contribution in [0, 0.1) is 0 Å². The van der Waals surface area contributed by atoms with E-state index in [1.54, 1.807) is 7.11 Å². The smallest absolute Gasteiger partial charge is 0.251 e. The third kappa shape index (κ3) is 6.13. The van der Waals surface area contributed by atoms with Crippen molar-refractivity contribution in [2.24, 2.45) is 5.73 Å². The summed E-state index contributed by atoms with van der Waals surface area (Å²) in [5.74, 6) is 1.05. The van der Waals surface area contributed by atoms with Gasteiger partial charge in [0.15, 0.2) is 0 Å². The highest BCUT2D eigenvalue weighted by Gasteiger charge is 2.29. The SMILES string of the molecule is COCCCn1c([C@@H]2CCCN(C(=O)C[C@H](N)CNC(=O)c3cccc4ccccc34)C2)nc2ccccc21. The molecule has 1 saturated heterocycles. The van der Waals surface area contributed by atoms with E-state index in [4.69, 9.17) is 15.5 Å². The summed E-state index contributed by atoms with van der Waals surface area (Å²) >= 11 is 0. The summed E-state index contributed by atoms with van der Waals surface area (Å²) in [6.07, 6.45) is 3.00. The van der Waals surface area contributed by atoms with Gasteiger partial charge in [-0.05, 0) is 48.2 Å². The molecule has 5 rings (SSSR count). The number of fused-ring (bicyclic) bond motifs is 2. The standard InChI is InChI=1S/C31H37N5O3/c1-39-18-8-17-36-28-15-5-4-14-27(28)34-30(36)23-11-7-16-35(21-23)29(37)19-24(32)20-33-31(38)26-13-6-10-22-9-2-3-12-25(22)26/h2-6,9-10,12-15,23-24H,7-8,11,16-21,32H2,1H3,(H,33,38)/t23-,24+/m1/s1. The molecule has 0 aliphatic carbocycles. The molecule has 3 aromatic carbocycles. The molecule has 0 radical (unpaired) electrons. The molecule has 0 bridgehead atoms. The van der Waals surface area contributed by atoms with Crippen molar-refractivity contribution in [1.82, 2.24) is 19.8 Å². The van der Waals surface area contributed by atoms with Crippen LogP contribution in [0.5, 0.6) is 0 Å². The number of rotatable bonds is 10. The number of imidazole rings is 1. The summed E-state index contributed by atoms with van der Waals surface area (Å²) < 4.78 is 7.57. The van der Waals surface area contributed by atoms with Gasteiger partial charge in [-0.3, -0.25) is 9.59 Å². The highest BCUT2D eigenvalue weighted by Crippen LogP contribution is 2.30. The zero-order valence-corrected chi connectivity index (χ0v) is 22.5. The molecule has 39 heavy (non-hydrogen) atoms. The molecule has 3 N–H and O–H groups in total. The number of piperidine rings is 1. The Hall–Kier alpha value is -3.75. The van der Waals surface area contributed by atoms with Crippen LogP contribution in [0.2, 0.25) is 0 Å². The molecule has 1 aliphatic heterocycles. The number of carbonyl (C=O) groups is 2. The first kappa shape index (κ1) is 26.8. The van der Waals surface area contributed by atoms with E-state index in [-0.39, 0.29) is 30.7 Å². The molecule has 1 aliphatic rings. The lowest BCUT2D eigenvalue weighted by atomic mass is 9.96. The first-order chi connectivity index (χ1) is 19.0. The van der Waals surface area contributed by atoms with Crippen LogP contribution in [0.25, 0.3) is 21.8 Å². The lowest BCUT2D eigenvalue weighted by Crippen LogP contribution is -2.45. The van der Waals surface area contributed by atoms with Gasteiger partial charge in [0.1, 0.15) is 5.82 Å². The fourth-order valence-corrected chi connectivity index (χ4v) is 5.59. The molecular formula is C31H37N5O3. The topological polar surface area (TPSA) is 102 Å². The number of likely N-dealkylation sites (tertiary alicyclic amines) is 1. The zero-order valence-electron chi connectivity index (χ0n) is 22.5. The number of benzene rings is 3. The fourth-order valence-electron chi connectivity index (χ4n) is 5.59. The van der Waals surface area contributed by atoms with Crippen molar-refractivity contribution >= 4 is 33.6 Å². The second-order valence-corrected chi connectivity index (χ2v) is 10.3. The van der Waals surface area contributed by atoms with E-state index in [1.807, 2.05) is 65.6 Å². The lowest BCUT2D eigenvalue weighted by Gasteiger charge is -2.33. The van der Waals surface area contributed by atoms with Crippen molar-refractivity contribution in [3.63, 3.8) is 0 Å². The summed E-state index contributed by atoms with van der Waals surface area (Å²) in [4.78, 5) is 33.0. The highest BCUT2D eigenvalue weighted by molar-refractivity contribution is 6.07. The Kier molecular flexibility index (Phi) is 8.54. The normalized spacial score (nSPS) is 16.5. The third-order valence-electron chi connectivity index (χ3n) is 7.55. The van der Waals surface area contributed by atoms with Crippen LogP contribution in [0.3, 0.4) is 0 Å². The maximum absolute atomic E-state index is 13.2. The maximum Gasteiger partial charge on any atom is 0.251 e. The van der Waals surface area contributed by atoms with E-state index in [0.717, 1.165) is 53.4 Å². The Morgan fingerprint density at radius 1 is 1.10 bits per heavy atom. The molecule has 0 saturated carbocycles. The molecular weight excluding hydrogens is 490 g/mol. The number of methoxy groups -OCH3 is 1. The average Bonchev–Trinajstić information content (AvgIpc) is 3.34. The van der Waals surface area contributed by atoms with Gasteiger partial charge in [-0.15, -0.1) is 0 Å². The van der Waals surface area contributed by atoms with Crippen molar-refractivity contribution in [2.45, 2.75) is 44.2 Å². The number of hydrogen-bond donors (Lipinski definition) is 2. The van der Waals surface area contributed by atoms with E-state index in [9.17, 15) is 9.59 Å². The van der Waals surface area contributed by atoms with Crippen LogP contribution in [0.1, 0.15) is 47.8 Å². The molecule has 0 unspecified atom stereocenters. The summed E-state index contributed by atoms with van der Waals surface area (Å²) in [6, 6.07) is 21.2. The van der Waals surface area contributed by atoms with Gasteiger partial charge in [0.05, 0.1) is 11.0 Å². The second-order valence-electron chi connectivity index (χ2n) is 10.3. The monoisotopic (exact) mass is 527 g/mol. The van der Waals surface area contributed by atoms with Crippen molar-refractivity contribution in [3.05, 3.63) is 78.1 Å². The number of carbonyl (C=O) groups excluding carboxylic acids is 2. The minimum atomic E-state index is -0.463. The van der Waals surface area contributed by atoms with E-state index in [2.05, 4.69) is 16.0 Å². The van der Waals surface area contributed by atoms with Gasteiger partial charge in [0, 0.05) is 63.8 Å². The number of nitrogens with one attached hydrogen (secondary N) is 1. The van der Waals surface area contributed by atoms with Gasteiger partial charge in [-0.2, -0.15) is 0 Å². The Balaban J connectivity index is 1.20. The Bertz CT molecular complexity index is 1440. The molecule has 2 heterocycles. The lowest BCUT2D eigenvalue weighted by molar-refractivity contribution is -0.132. The van der Waals surface area contributed by atoms with Crippen molar-refractivity contribution in [1.29, 1.82) is 0 Å². The first-order valence-corrected chi connectivity index (χ1v) is 13.8. The predicted molar refractivity (Wildman–Crippen MR) is 154 cm³/mol. The van der Waals surface area contributed by atoms with Crippen molar-refractivity contribution in [3.8, 4) is 0 Å². The van der Waals surface area contributed by atoms with Crippen LogP contribution in [-0.4, -0.2) is 65.7 Å². The van der Waals surface area contributed by atoms with Crippen molar-refractivity contribution in [2.75, 3.05) is 33.4 Å². The number of aryl methyl sites for hydroxylation is 1. The fraction of sp³-hybridized carbons (Fsp3) is 0.387. The second kappa shape index (κ2) is 12.4. The number of hydrogen-bond acceptors (Lipinski definition) is 5. The van der Waals surface area contributed by atoms with Crippen LogP contribution < -0.4 is 11.1 Å². The maximum atomic E-state index is 13.2. The van der Waals surface area contributed by atoms with Crippen LogP contribution in [-0.2, 0) is 16.1 Å². The molecule has 2 atom stereocenters. The predicted octanol–water partition coefficient (Wildman–Crippen LogP) is 4.08.